The number of rotatable bonds is 1. The van der Waals surface area contributed by atoms with Crippen LogP contribution in [0.4, 0.5) is 0 Å². The van der Waals surface area contributed by atoms with Gasteiger partial charge in [-0.3, -0.25) is 4.98 Å². The molecule has 0 bridgehead atoms. The molecule has 0 aliphatic heterocycles. The van der Waals surface area contributed by atoms with E-state index < -0.39 is 5.60 Å². The number of benzene rings is 1. The van der Waals surface area contributed by atoms with E-state index in [1.807, 2.05) is 24.5 Å². The predicted molar refractivity (Wildman–Crippen MR) is 77.8 cm³/mol. The van der Waals surface area contributed by atoms with E-state index in [-0.39, 0.29) is 0 Å². The normalized spacial score (nSPS) is 31.5. The number of hydrogen-bond donors (Lipinski definition) is 1. The molecule has 2 heteroatoms. The lowest BCUT2D eigenvalue weighted by molar-refractivity contribution is -0.0575. The third-order valence-corrected chi connectivity index (χ3v) is 4.74. The van der Waals surface area contributed by atoms with Crippen molar-refractivity contribution in [3.8, 4) is 0 Å². The minimum absolute atomic E-state index is 0.294. The van der Waals surface area contributed by atoms with E-state index in [0.717, 1.165) is 35.6 Å². The Bertz CT molecular complexity index is 589. The minimum Gasteiger partial charge on any atom is -0.385 e. The molecule has 0 amide bonds. The first-order valence-electron chi connectivity index (χ1n) is 7.17. The van der Waals surface area contributed by atoms with Gasteiger partial charge >= 0.3 is 0 Å². The van der Waals surface area contributed by atoms with Crippen LogP contribution in [-0.2, 0) is 5.60 Å². The summed E-state index contributed by atoms with van der Waals surface area (Å²) < 4.78 is 0. The second-order valence-corrected chi connectivity index (χ2v) is 6.11. The Labute approximate surface area is 114 Å². The van der Waals surface area contributed by atoms with Gasteiger partial charge in [-0.15, -0.1) is 0 Å². The Morgan fingerprint density at radius 2 is 2.11 bits per heavy atom. The Balaban J connectivity index is 2.13. The van der Waals surface area contributed by atoms with Crippen LogP contribution in [0.15, 0.2) is 36.7 Å². The largest absolute Gasteiger partial charge is 0.385 e. The fourth-order valence-electron chi connectivity index (χ4n) is 3.52. The maximum atomic E-state index is 11.2. The first kappa shape index (κ1) is 12.6. The van der Waals surface area contributed by atoms with Crippen LogP contribution < -0.4 is 0 Å². The highest BCUT2D eigenvalue weighted by Gasteiger charge is 2.40. The van der Waals surface area contributed by atoms with Crippen LogP contribution in [-0.4, -0.2) is 10.1 Å². The first-order chi connectivity index (χ1) is 9.11. The van der Waals surface area contributed by atoms with Crippen molar-refractivity contribution in [1.29, 1.82) is 0 Å². The lowest BCUT2D eigenvalue weighted by Gasteiger charge is -2.41. The molecule has 2 aromatic rings. The summed E-state index contributed by atoms with van der Waals surface area (Å²) in [5.41, 5.74) is 0.354. The molecular formula is C17H21NO. The van der Waals surface area contributed by atoms with Gasteiger partial charge in [0, 0.05) is 17.8 Å². The van der Waals surface area contributed by atoms with Crippen LogP contribution in [0.5, 0.6) is 0 Å². The Hall–Kier alpha value is -1.41. The predicted octanol–water partition coefficient (Wildman–Crippen LogP) is 3.88. The van der Waals surface area contributed by atoms with Crippen molar-refractivity contribution in [3.05, 3.63) is 42.2 Å². The number of hydrogen-bond acceptors (Lipinski definition) is 2. The molecule has 100 valence electrons. The van der Waals surface area contributed by atoms with Crippen LogP contribution in [0.2, 0.25) is 0 Å². The highest BCUT2D eigenvalue weighted by Crippen LogP contribution is 2.45. The number of fused-ring (bicyclic) bond motifs is 1. The van der Waals surface area contributed by atoms with E-state index in [0.29, 0.717) is 11.8 Å². The second kappa shape index (κ2) is 4.61. The molecule has 1 aliphatic rings. The molecule has 1 fully saturated rings. The van der Waals surface area contributed by atoms with Crippen molar-refractivity contribution in [3.63, 3.8) is 0 Å². The number of pyridine rings is 1. The second-order valence-electron chi connectivity index (χ2n) is 6.11. The third kappa shape index (κ3) is 2.04. The quantitative estimate of drug-likeness (QED) is 0.839. The summed E-state index contributed by atoms with van der Waals surface area (Å²) in [6.45, 7) is 4.45. The standard InChI is InChI=1S/C17H21NO/c1-12-6-8-17(19,13(2)10-12)16-5-3-4-14-7-9-18-11-15(14)16/h3-5,7,9,11-13,19H,6,8,10H2,1-2H3. The smallest absolute Gasteiger partial charge is 0.0928 e. The Kier molecular flexibility index (Phi) is 3.06. The summed E-state index contributed by atoms with van der Waals surface area (Å²) in [7, 11) is 0. The van der Waals surface area contributed by atoms with Gasteiger partial charge in [-0.2, -0.15) is 0 Å². The van der Waals surface area contributed by atoms with Crippen LogP contribution in [0, 0.1) is 11.8 Å². The van der Waals surface area contributed by atoms with Gasteiger partial charge in [0.1, 0.15) is 0 Å². The lowest BCUT2D eigenvalue weighted by atomic mass is 9.68. The number of aromatic nitrogens is 1. The van der Waals surface area contributed by atoms with Gasteiger partial charge in [-0.1, -0.05) is 32.0 Å². The third-order valence-electron chi connectivity index (χ3n) is 4.74. The molecular weight excluding hydrogens is 234 g/mol. The zero-order chi connectivity index (χ0) is 13.5. The summed E-state index contributed by atoms with van der Waals surface area (Å²) in [5, 5.41) is 13.4. The van der Waals surface area contributed by atoms with Gasteiger partial charge in [-0.25, -0.2) is 0 Å². The van der Waals surface area contributed by atoms with Crippen molar-refractivity contribution in [2.24, 2.45) is 11.8 Å². The highest BCUT2D eigenvalue weighted by molar-refractivity contribution is 5.85. The molecule has 1 aromatic heterocycles. The summed E-state index contributed by atoms with van der Waals surface area (Å²) in [5.74, 6) is 1.01. The van der Waals surface area contributed by atoms with Gasteiger partial charge in [0.15, 0.2) is 0 Å². The molecule has 0 saturated heterocycles. The van der Waals surface area contributed by atoms with Gasteiger partial charge < -0.3 is 5.11 Å². The molecule has 19 heavy (non-hydrogen) atoms. The molecule has 1 aliphatic carbocycles. The van der Waals surface area contributed by atoms with Crippen LogP contribution >= 0.6 is 0 Å². The summed E-state index contributed by atoms with van der Waals surface area (Å²) in [4.78, 5) is 4.23. The monoisotopic (exact) mass is 255 g/mol. The fourth-order valence-corrected chi connectivity index (χ4v) is 3.52. The van der Waals surface area contributed by atoms with E-state index in [2.05, 4.69) is 31.0 Å². The molecule has 2 nitrogen and oxygen atoms in total. The molecule has 0 radical (unpaired) electrons. The average molecular weight is 255 g/mol. The minimum atomic E-state index is -0.699. The Morgan fingerprint density at radius 3 is 2.89 bits per heavy atom. The zero-order valence-corrected chi connectivity index (χ0v) is 11.6. The topological polar surface area (TPSA) is 33.1 Å². The van der Waals surface area contributed by atoms with E-state index in [1.54, 1.807) is 0 Å². The van der Waals surface area contributed by atoms with E-state index >= 15 is 0 Å². The molecule has 0 spiro atoms. The molecule has 3 unspecified atom stereocenters. The van der Waals surface area contributed by atoms with E-state index in [4.69, 9.17) is 0 Å². The van der Waals surface area contributed by atoms with Crippen molar-refractivity contribution < 1.29 is 5.11 Å². The first-order valence-corrected chi connectivity index (χ1v) is 7.17. The Morgan fingerprint density at radius 1 is 1.26 bits per heavy atom. The zero-order valence-electron chi connectivity index (χ0n) is 11.6. The van der Waals surface area contributed by atoms with Gasteiger partial charge in [0.2, 0.25) is 0 Å². The van der Waals surface area contributed by atoms with Crippen molar-refractivity contribution in [2.45, 2.75) is 38.7 Å². The van der Waals surface area contributed by atoms with Gasteiger partial charge in [0.25, 0.3) is 0 Å². The molecule has 3 atom stereocenters. The average Bonchev–Trinajstić information content (AvgIpc) is 2.43. The SMILES string of the molecule is CC1CCC(O)(c2cccc3ccncc23)C(C)C1. The van der Waals surface area contributed by atoms with Crippen molar-refractivity contribution in [1.82, 2.24) is 4.98 Å². The molecule has 1 saturated carbocycles. The van der Waals surface area contributed by atoms with Crippen molar-refractivity contribution >= 4 is 10.8 Å². The molecule has 1 heterocycles. The number of nitrogens with zero attached hydrogens (tertiary/aromatic N) is 1. The van der Waals surface area contributed by atoms with Crippen LogP contribution in [0.3, 0.4) is 0 Å². The highest BCUT2D eigenvalue weighted by atomic mass is 16.3. The van der Waals surface area contributed by atoms with Crippen molar-refractivity contribution in [2.75, 3.05) is 0 Å². The van der Waals surface area contributed by atoms with Gasteiger partial charge in [-0.05, 0) is 48.1 Å². The summed E-state index contributed by atoms with van der Waals surface area (Å²) >= 11 is 0. The molecule has 1 N–H and O–H groups in total. The van der Waals surface area contributed by atoms with E-state index in [1.165, 1.54) is 0 Å². The van der Waals surface area contributed by atoms with Gasteiger partial charge in [0.05, 0.1) is 5.60 Å². The maximum Gasteiger partial charge on any atom is 0.0928 e. The maximum absolute atomic E-state index is 11.2. The lowest BCUT2D eigenvalue weighted by Crippen LogP contribution is -2.38. The number of aliphatic hydroxyl groups is 1. The fraction of sp³-hybridized carbons (Fsp3) is 0.471. The molecule has 3 rings (SSSR count). The van der Waals surface area contributed by atoms with Crippen LogP contribution in [0.25, 0.3) is 10.8 Å². The summed E-state index contributed by atoms with van der Waals surface area (Å²) in [6, 6.07) is 8.20. The summed E-state index contributed by atoms with van der Waals surface area (Å²) in [6.07, 6.45) is 6.73. The van der Waals surface area contributed by atoms with E-state index in [9.17, 15) is 5.11 Å². The van der Waals surface area contributed by atoms with Crippen LogP contribution in [0.1, 0.15) is 38.7 Å². The molecule has 1 aromatic carbocycles.